The average molecular weight is 306 g/mol. The van der Waals surface area contributed by atoms with Gasteiger partial charge < -0.3 is 14.3 Å². The van der Waals surface area contributed by atoms with Crippen molar-refractivity contribution in [2.75, 3.05) is 0 Å². The number of rotatable bonds is 4. The van der Waals surface area contributed by atoms with Crippen molar-refractivity contribution in [2.24, 2.45) is 11.8 Å². The van der Waals surface area contributed by atoms with E-state index in [1.165, 1.54) is 6.92 Å². The van der Waals surface area contributed by atoms with Gasteiger partial charge in [0, 0.05) is 30.8 Å². The predicted octanol–water partition coefficient (Wildman–Crippen LogP) is 2.35. The third-order valence-electron chi connectivity index (χ3n) is 4.44. The number of carbonyl (C=O) groups excluding carboxylic acids is 3. The van der Waals surface area contributed by atoms with Crippen molar-refractivity contribution in [2.45, 2.75) is 52.2 Å². The molecule has 2 aliphatic rings. The molecule has 0 aromatic rings. The summed E-state index contributed by atoms with van der Waals surface area (Å²) in [5, 5.41) is 0. The van der Waals surface area contributed by atoms with Crippen LogP contribution in [-0.4, -0.2) is 29.9 Å². The molecule has 0 N–H and O–H groups in total. The third-order valence-corrected chi connectivity index (χ3v) is 4.44. The Bertz CT molecular complexity index is 545. The highest BCUT2D eigenvalue weighted by Crippen LogP contribution is 2.40. The predicted molar refractivity (Wildman–Crippen MR) is 79.8 cm³/mol. The van der Waals surface area contributed by atoms with Gasteiger partial charge in [-0.3, -0.25) is 4.79 Å². The minimum absolute atomic E-state index is 0.0136. The molecule has 0 saturated carbocycles. The molecule has 1 heterocycles. The Balaban J connectivity index is 2.28. The maximum atomic E-state index is 11.7. The smallest absolute Gasteiger partial charge is 0.334 e. The van der Waals surface area contributed by atoms with Crippen molar-refractivity contribution < 1.29 is 23.9 Å². The van der Waals surface area contributed by atoms with Crippen LogP contribution >= 0.6 is 0 Å². The van der Waals surface area contributed by atoms with E-state index >= 15 is 0 Å². The molecule has 0 spiro atoms. The van der Waals surface area contributed by atoms with Crippen molar-refractivity contribution in [1.29, 1.82) is 0 Å². The number of hydrogen-bond donors (Lipinski definition) is 0. The second-order valence-corrected chi connectivity index (χ2v) is 6.12. The zero-order chi connectivity index (χ0) is 16.4. The second kappa shape index (κ2) is 6.46. The standard InChI is InChI=1S/C17H22O5/c1-9(18)5-6-13-7-16-14(11(3)17(20)22-16)8-15(10(13)2)21-12(4)19/h7,10,14-16H,3,5-6,8H2,1-2,4H3/t10-,14-,15-,16+/m0/s1. The minimum Gasteiger partial charge on any atom is -0.462 e. The van der Waals surface area contributed by atoms with Crippen LogP contribution in [0.5, 0.6) is 0 Å². The molecule has 5 heteroatoms. The zero-order valence-electron chi connectivity index (χ0n) is 13.3. The largest absolute Gasteiger partial charge is 0.462 e. The molecule has 0 aromatic heterocycles. The Hall–Kier alpha value is -1.91. The van der Waals surface area contributed by atoms with E-state index in [9.17, 15) is 14.4 Å². The van der Waals surface area contributed by atoms with Gasteiger partial charge in [-0.1, -0.05) is 19.1 Å². The van der Waals surface area contributed by atoms with Crippen LogP contribution in [0.4, 0.5) is 0 Å². The number of ether oxygens (including phenoxy) is 2. The Labute approximate surface area is 130 Å². The van der Waals surface area contributed by atoms with Gasteiger partial charge in [0.25, 0.3) is 0 Å². The highest BCUT2D eigenvalue weighted by Gasteiger charge is 2.43. The molecule has 0 aromatic carbocycles. The fourth-order valence-corrected chi connectivity index (χ4v) is 3.11. The minimum atomic E-state index is -0.395. The van der Waals surface area contributed by atoms with E-state index in [2.05, 4.69) is 6.58 Å². The molecule has 5 nitrogen and oxygen atoms in total. The number of carbonyl (C=O) groups is 3. The lowest BCUT2D eigenvalue weighted by Gasteiger charge is -2.25. The van der Waals surface area contributed by atoms with Gasteiger partial charge in [-0.15, -0.1) is 0 Å². The Morgan fingerprint density at radius 2 is 2.09 bits per heavy atom. The van der Waals surface area contributed by atoms with Gasteiger partial charge in [-0.25, -0.2) is 4.79 Å². The van der Waals surface area contributed by atoms with Crippen LogP contribution in [0.2, 0.25) is 0 Å². The maximum absolute atomic E-state index is 11.7. The van der Waals surface area contributed by atoms with Gasteiger partial charge in [0.2, 0.25) is 0 Å². The summed E-state index contributed by atoms with van der Waals surface area (Å²) in [5.41, 5.74) is 1.43. The number of fused-ring (bicyclic) bond motifs is 1. The molecule has 0 bridgehead atoms. The fraction of sp³-hybridized carbons (Fsp3) is 0.588. The summed E-state index contributed by atoms with van der Waals surface area (Å²) < 4.78 is 10.8. The molecule has 0 unspecified atom stereocenters. The van der Waals surface area contributed by atoms with E-state index < -0.39 is 5.97 Å². The lowest BCUT2D eigenvalue weighted by atomic mass is 9.88. The summed E-state index contributed by atoms with van der Waals surface area (Å²) in [6.45, 7) is 8.70. The first-order chi connectivity index (χ1) is 10.3. The molecule has 22 heavy (non-hydrogen) atoms. The van der Waals surface area contributed by atoms with E-state index in [0.717, 1.165) is 5.57 Å². The van der Waals surface area contributed by atoms with Crippen molar-refractivity contribution in [3.05, 3.63) is 23.8 Å². The Kier molecular flexibility index (Phi) is 4.84. The number of hydrogen-bond acceptors (Lipinski definition) is 5. The van der Waals surface area contributed by atoms with E-state index in [4.69, 9.17) is 9.47 Å². The van der Waals surface area contributed by atoms with Crippen molar-refractivity contribution in [1.82, 2.24) is 0 Å². The highest BCUT2D eigenvalue weighted by molar-refractivity contribution is 5.91. The normalized spacial score (nSPS) is 31.0. The second-order valence-electron chi connectivity index (χ2n) is 6.12. The van der Waals surface area contributed by atoms with E-state index in [-0.39, 0.29) is 35.8 Å². The van der Waals surface area contributed by atoms with Crippen LogP contribution in [0.3, 0.4) is 0 Å². The van der Waals surface area contributed by atoms with E-state index in [1.54, 1.807) is 6.92 Å². The van der Waals surface area contributed by atoms with E-state index in [0.29, 0.717) is 24.8 Å². The molecule has 0 radical (unpaired) electrons. The van der Waals surface area contributed by atoms with Crippen LogP contribution < -0.4 is 0 Å². The van der Waals surface area contributed by atoms with Crippen LogP contribution in [0.25, 0.3) is 0 Å². The molecule has 1 saturated heterocycles. The van der Waals surface area contributed by atoms with Crippen LogP contribution in [0.1, 0.15) is 40.0 Å². The Morgan fingerprint density at radius 1 is 1.41 bits per heavy atom. The number of Topliss-reactive ketones (excluding diaryl/α,β-unsaturated/α-hetero) is 1. The van der Waals surface area contributed by atoms with Gasteiger partial charge in [-0.2, -0.15) is 0 Å². The third kappa shape index (κ3) is 3.46. The number of esters is 2. The molecule has 120 valence electrons. The molecule has 1 fully saturated rings. The van der Waals surface area contributed by atoms with Gasteiger partial charge in [0.05, 0.1) is 0 Å². The quantitative estimate of drug-likeness (QED) is 0.453. The first kappa shape index (κ1) is 16.5. The van der Waals surface area contributed by atoms with Crippen LogP contribution in [0.15, 0.2) is 23.8 Å². The van der Waals surface area contributed by atoms with Gasteiger partial charge in [0.1, 0.15) is 18.0 Å². The molecule has 1 aliphatic carbocycles. The van der Waals surface area contributed by atoms with Crippen molar-refractivity contribution >= 4 is 17.7 Å². The molecule has 0 amide bonds. The summed E-state index contributed by atoms with van der Waals surface area (Å²) in [5.74, 6) is -0.828. The van der Waals surface area contributed by atoms with Crippen LogP contribution in [0, 0.1) is 11.8 Å². The molecule has 2 rings (SSSR count). The summed E-state index contributed by atoms with van der Waals surface area (Å²) in [7, 11) is 0. The molecule has 1 aliphatic heterocycles. The van der Waals surface area contributed by atoms with Gasteiger partial charge in [0.15, 0.2) is 0 Å². The number of ketones is 1. The highest BCUT2D eigenvalue weighted by atomic mass is 16.6. The van der Waals surface area contributed by atoms with Crippen LogP contribution in [-0.2, 0) is 23.9 Å². The van der Waals surface area contributed by atoms with Gasteiger partial charge >= 0.3 is 11.9 Å². The lowest BCUT2D eigenvalue weighted by molar-refractivity contribution is -0.149. The summed E-state index contributed by atoms with van der Waals surface area (Å²) in [6, 6.07) is 0. The average Bonchev–Trinajstić information content (AvgIpc) is 2.61. The zero-order valence-corrected chi connectivity index (χ0v) is 13.3. The summed E-state index contributed by atoms with van der Waals surface area (Å²) in [6.07, 6.45) is 2.73. The van der Waals surface area contributed by atoms with Crippen molar-refractivity contribution in [3.8, 4) is 0 Å². The van der Waals surface area contributed by atoms with Gasteiger partial charge in [-0.05, 0) is 25.8 Å². The summed E-state index contributed by atoms with van der Waals surface area (Å²) in [4.78, 5) is 34.3. The first-order valence-electron chi connectivity index (χ1n) is 7.56. The Morgan fingerprint density at radius 3 is 2.68 bits per heavy atom. The van der Waals surface area contributed by atoms with Crippen molar-refractivity contribution in [3.63, 3.8) is 0 Å². The summed E-state index contributed by atoms with van der Waals surface area (Å²) >= 11 is 0. The lowest BCUT2D eigenvalue weighted by Crippen LogP contribution is -2.28. The topological polar surface area (TPSA) is 69.7 Å². The monoisotopic (exact) mass is 306 g/mol. The molecule has 4 atom stereocenters. The first-order valence-corrected chi connectivity index (χ1v) is 7.56. The SMILES string of the molecule is C=C1C(=O)O[C@@H]2C=C(CCC(C)=O)[C@H](C)[C@@H](OC(C)=O)C[C@@H]12. The fourth-order valence-electron chi connectivity index (χ4n) is 3.11. The maximum Gasteiger partial charge on any atom is 0.334 e. The molecular formula is C17H22O5. The van der Waals surface area contributed by atoms with E-state index in [1.807, 2.05) is 13.0 Å². The molecular weight excluding hydrogens is 284 g/mol.